The second-order valence-electron chi connectivity index (χ2n) is 7.57. The minimum absolute atomic E-state index is 0.0196. The number of hydrazine groups is 1. The maximum Gasteiger partial charge on any atom is 0.290 e. The molecule has 0 saturated carbocycles. The lowest BCUT2D eigenvalue weighted by Crippen LogP contribution is -2.42. The smallest absolute Gasteiger partial charge is 0.267 e. The number of nitrogens with one attached hydrogen (secondary N) is 3. The standard InChI is InChI=1S/C24H21N5O5S/c1-29-24(32)20-13-6-5-12-19(20)21(28-29)23(31)27-26-22(30)17-10-7-11-18(14-17)35(33,34)25-15-16-8-3-2-4-9-16/h2-14,25H,15H2,1H3,(H,26,30)(H,27,31). The molecule has 0 aliphatic rings. The number of amides is 2. The zero-order valence-corrected chi connectivity index (χ0v) is 19.4. The monoisotopic (exact) mass is 491 g/mol. The molecule has 4 aromatic rings. The van der Waals surface area contributed by atoms with Gasteiger partial charge in [-0.1, -0.05) is 54.6 Å². The van der Waals surface area contributed by atoms with E-state index in [-0.39, 0.29) is 28.3 Å². The van der Waals surface area contributed by atoms with Crippen molar-refractivity contribution in [1.82, 2.24) is 25.4 Å². The molecule has 0 radical (unpaired) electrons. The fraction of sp³-hybridized carbons (Fsp3) is 0.0833. The molecule has 0 aliphatic carbocycles. The van der Waals surface area contributed by atoms with Crippen LogP contribution in [0.2, 0.25) is 0 Å². The summed E-state index contributed by atoms with van der Waals surface area (Å²) in [6.07, 6.45) is 0. The van der Waals surface area contributed by atoms with Crippen molar-refractivity contribution in [3.8, 4) is 0 Å². The normalized spacial score (nSPS) is 11.2. The van der Waals surface area contributed by atoms with Crippen LogP contribution in [0.1, 0.15) is 26.4 Å². The largest absolute Gasteiger partial charge is 0.290 e. The molecule has 3 aromatic carbocycles. The van der Waals surface area contributed by atoms with Crippen molar-refractivity contribution in [2.45, 2.75) is 11.4 Å². The van der Waals surface area contributed by atoms with E-state index in [4.69, 9.17) is 0 Å². The molecule has 0 atom stereocenters. The minimum Gasteiger partial charge on any atom is -0.267 e. The van der Waals surface area contributed by atoms with E-state index >= 15 is 0 Å². The number of aromatic nitrogens is 2. The summed E-state index contributed by atoms with van der Waals surface area (Å²) < 4.78 is 28.9. The SMILES string of the molecule is Cn1nc(C(=O)NNC(=O)c2cccc(S(=O)(=O)NCc3ccccc3)c2)c2ccccc2c1=O. The van der Waals surface area contributed by atoms with Gasteiger partial charge in [0.1, 0.15) is 0 Å². The lowest BCUT2D eigenvalue weighted by Gasteiger charge is -2.11. The number of carbonyl (C=O) groups excluding carboxylic acids is 2. The van der Waals surface area contributed by atoms with Crippen LogP contribution in [-0.4, -0.2) is 30.0 Å². The lowest BCUT2D eigenvalue weighted by molar-refractivity contribution is 0.0843. The van der Waals surface area contributed by atoms with Crippen molar-refractivity contribution >= 4 is 32.6 Å². The van der Waals surface area contributed by atoms with E-state index in [0.29, 0.717) is 10.8 Å². The highest BCUT2D eigenvalue weighted by atomic mass is 32.2. The fourth-order valence-corrected chi connectivity index (χ4v) is 4.44. The van der Waals surface area contributed by atoms with Gasteiger partial charge < -0.3 is 0 Å². The van der Waals surface area contributed by atoms with Crippen LogP contribution < -0.4 is 21.1 Å². The number of benzene rings is 3. The highest BCUT2D eigenvalue weighted by Crippen LogP contribution is 2.14. The fourth-order valence-electron chi connectivity index (χ4n) is 3.37. The van der Waals surface area contributed by atoms with Gasteiger partial charge in [0.25, 0.3) is 17.4 Å². The summed E-state index contributed by atoms with van der Waals surface area (Å²) in [4.78, 5) is 37.4. The Morgan fingerprint density at radius 1 is 0.857 bits per heavy atom. The van der Waals surface area contributed by atoms with Gasteiger partial charge in [0.05, 0.1) is 10.3 Å². The summed E-state index contributed by atoms with van der Waals surface area (Å²) in [5, 5.41) is 4.64. The van der Waals surface area contributed by atoms with Crippen molar-refractivity contribution in [3.05, 3.63) is 106 Å². The van der Waals surface area contributed by atoms with Gasteiger partial charge in [0.15, 0.2) is 5.69 Å². The molecule has 3 N–H and O–H groups in total. The van der Waals surface area contributed by atoms with E-state index in [0.717, 1.165) is 10.2 Å². The van der Waals surface area contributed by atoms with Gasteiger partial charge in [-0.05, 0) is 29.8 Å². The molecule has 1 aromatic heterocycles. The summed E-state index contributed by atoms with van der Waals surface area (Å²) >= 11 is 0. The first-order chi connectivity index (χ1) is 16.8. The molecule has 2 amide bonds. The number of sulfonamides is 1. The van der Waals surface area contributed by atoms with E-state index < -0.39 is 21.8 Å². The highest BCUT2D eigenvalue weighted by Gasteiger charge is 2.19. The number of rotatable bonds is 6. The molecule has 0 fully saturated rings. The van der Waals surface area contributed by atoms with Crippen molar-refractivity contribution in [3.63, 3.8) is 0 Å². The number of fused-ring (bicyclic) bond motifs is 1. The first kappa shape index (κ1) is 23.8. The highest BCUT2D eigenvalue weighted by molar-refractivity contribution is 7.89. The maximum absolute atomic E-state index is 12.7. The first-order valence-electron chi connectivity index (χ1n) is 10.5. The van der Waals surface area contributed by atoms with E-state index in [1.807, 2.05) is 6.07 Å². The second kappa shape index (κ2) is 9.87. The van der Waals surface area contributed by atoms with Crippen molar-refractivity contribution in [1.29, 1.82) is 0 Å². The molecule has 0 spiro atoms. The Hall–Kier alpha value is -4.35. The van der Waals surface area contributed by atoms with Crippen LogP contribution in [0.3, 0.4) is 0 Å². The molecule has 178 valence electrons. The number of aryl methyl sites for hydroxylation is 1. The van der Waals surface area contributed by atoms with Gasteiger partial charge in [-0.15, -0.1) is 0 Å². The average molecular weight is 492 g/mol. The Morgan fingerprint density at radius 2 is 1.51 bits per heavy atom. The third-order valence-corrected chi connectivity index (χ3v) is 6.58. The molecule has 0 saturated heterocycles. The molecule has 0 unspecified atom stereocenters. The van der Waals surface area contributed by atoms with Crippen molar-refractivity contribution in [2.75, 3.05) is 0 Å². The zero-order valence-electron chi connectivity index (χ0n) is 18.6. The zero-order chi connectivity index (χ0) is 25.0. The van der Waals surface area contributed by atoms with Crippen molar-refractivity contribution in [2.24, 2.45) is 7.05 Å². The molecule has 11 heteroatoms. The van der Waals surface area contributed by atoms with Crippen LogP contribution in [0.15, 0.2) is 88.6 Å². The van der Waals surface area contributed by atoms with Gasteiger partial charge in [-0.25, -0.2) is 17.8 Å². The molecule has 35 heavy (non-hydrogen) atoms. The van der Waals surface area contributed by atoms with E-state index in [2.05, 4.69) is 20.7 Å². The summed E-state index contributed by atoms with van der Waals surface area (Å²) in [6, 6.07) is 20.9. The Balaban J connectivity index is 1.47. The van der Waals surface area contributed by atoms with Crippen LogP contribution in [0, 0.1) is 0 Å². The Kier molecular flexibility index (Phi) is 6.71. The molecule has 4 rings (SSSR count). The second-order valence-corrected chi connectivity index (χ2v) is 9.34. The van der Waals surface area contributed by atoms with Gasteiger partial charge in [-0.2, -0.15) is 5.10 Å². The molecular formula is C24H21N5O5S. The van der Waals surface area contributed by atoms with E-state index in [9.17, 15) is 22.8 Å². The quantitative estimate of drug-likeness (QED) is 0.349. The number of hydrogen-bond acceptors (Lipinski definition) is 6. The molecule has 0 aliphatic heterocycles. The molecule has 10 nitrogen and oxygen atoms in total. The van der Waals surface area contributed by atoms with Crippen LogP contribution in [0.4, 0.5) is 0 Å². The summed E-state index contributed by atoms with van der Waals surface area (Å²) in [5.74, 6) is -1.47. The molecule has 1 heterocycles. The third kappa shape index (κ3) is 5.26. The van der Waals surface area contributed by atoms with E-state index in [1.54, 1.807) is 48.5 Å². The number of nitrogens with zero attached hydrogens (tertiary/aromatic N) is 2. The topological polar surface area (TPSA) is 139 Å². The summed E-state index contributed by atoms with van der Waals surface area (Å²) in [6.45, 7) is 0.0934. The van der Waals surface area contributed by atoms with Crippen LogP contribution in [0.25, 0.3) is 10.8 Å². The third-order valence-electron chi connectivity index (χ3n) is 5.18. The predicted octanol–water partition coefficient (Wildman–Crippen LogP) is 1.49. The van der Waals surface area contributed by atoms with Crippen LogP contribution in [0.5, 0.6) is 0 Å². The summed E-state index contributed by atoms with van der Waals surface area (Å²) in [7, 11) is -2.46. The van der Waals surface area contributed by atoms with E-state index in [1.165, 1.54) is 31.3 Å². The van der Waals surface area contributed by atoms with Gasteiger partial charge in [0.2, 0.25) is 10.0 Å². The Labute approximate surface area is 200 Å². The van der Waals surface area contributed by atoms with Gasteiger partial charge >= 0.3 is 0 Å². The van der Waals surface area contributed by atoms with Crippen LogP contribution >= 0.6 is 0 Å². The first-order valence-corrected chi connectivity index (χ1v) is 11.9. The van der Waals surface area contributed by atoms with Crippen molar-refractivity contribution < 1.29 is 18.0 Å². The van der Waals surface area contributed by atoms with Gasteiger partial charge in [-0.3, -0.25) is 25.2 Å². The number of carbonyl (C=O) groups is 2. The Bertz CT molecular complexity index is 1580. The molecular weight excluding hydrogens is 470 g/mol. The maximum atomic E-state index is 12.7. The minimum atomic E-state index is -3.88. The van der Waals surface area contributed by atoms with Crippen LogP contribution in [-0.2, 0) is 23.6 Å². The molecule has 0 bridgehead atoms. The number of hydrogen-bond donors (Lipinski definition) is 3. The average Bonchev–Trinajstić information content (AvgIpc) is 2.88. The summed E-state index contributed by atoms with van der Waals surface area (Å²) in [5.41, 5.74) is 4.90. The lowest BCUT2D eigenvalue weighted by atomic mass is 10.1. The van der Waals surface area contributed by atoms with Gasteiger partial charge in [0, 0.05) is 24.5 Å². The Morgan fingerprint density at radius 3 is 2.26 bits per heavy atom. The predicted molar refractivity (Wildman–Crippen MR) is 129 cm³/mol.